The Morgan fingerprint density at radius 1 is 1.30 bits per heavy atom. The zero-order valence-electron chi connectivity index (χ0n) is 13.2. The molecule has 0 aromatic carbocycles. The van der Waals surface area contributed by atoms with Gasteiger partial charge in [-0.3, -0.25) is 4.79 Å². The molecule has 1 amide bonds. The van der Waals surface area contributed by atoms with Crippen LogP contribution in [0.4, 0.5) is 0 Å². The molecular weight excluding hydrogens is 256 g/mol. The Morgan fingerprint density at radius 2 is 1.95 bits per heavy atom. The van der Waals surface area contributed by atoms with Crippen LogP contribution in [-0.2, 0) is 9.53 Å². The number of aliphatic hydroxyl groups excluding tert-OH is 1. The summed E-state index contributed by atoms with van der Waals surface area (Å²) in [4.78, 5) is 11.7. The van der Waals surface area contributed by atoms with E-state index in [1.165, 1.54) is 0 Å². The lowest BCUT2D eigenvalue weighted by Crippen LogP contribution is -2.46. The number of carbonyl (C=O) groups excluding carboxylic acids is 1. The van der Waals surface area contributed by atoms with Crippen molar-refractivity contribution in [1.82, 2.24) is 10.6 Å². The van der Waals surface area contributed by atoms with Gasteiger partial charge < -0.3 is 20.5 Å². The van der Waals surface area contributed by atoms with E-state index in [-0.39, 0.29) is 18.1 Å². The number of hydrogen-bond acceptors (Lipinski definition) is 4. The molecule has 118 valence electrons. The summed E-state index contributed by atoms with van der Waals surface area (Å²) in [5.41, 5.74) is 0. The number of amides is 1. The van der Waals surface area contributed by atoms with Gasteiger partial charge in [-0.1, -0.05) is 13.8 Å². The van der Waals surface area contributed by atoms with E-state index in [9.17, 15) is 9.90 Å². The zero-order valence-corrected chi connectivity index (χ0v) is 13.2. The van der Waals surface area contributed by atoms with Gasteiger partial charge in [0.05, 0.1) is 24.9 Å². The number of carbonyl (C=O) groups is 1. The predicted octanol–water partition coefficient (Wildman–Crippen LogP) is 1.06. The van der Waals surface area contributed by atoms with Crippen LogP contribution in [-0.4, -0.2) is 48.5 Å². The molecule has 3 unspecified atom stereocenters. The van der Waals surface area contributed by atoms with Crippen molar-refractivity contribution < 1.29 is 14.6 Å². The highest BCUT2D eigenvalue weighted by Crippen LogP contribution is 2.18. The van der Waals surface area contributed by atoms with Crippen molar-refractivity contribution in [3.63, 3.8) is 0 Å². The minimum Gasteiger partial charge on any atom is -0.389 e. The van der Waals surface area contributed by atoms with Gasteiger partial charge in [0.15, 0.2) is 0 Å². The van der Waals surface area contributed by atoms with Crippen molar-refractivity contribution in [1.29, 1.82) is 0 Å². The second-order valence-electron chi connectivity index (χ2n) is 6.34. The first-order valence-corrected chi connectivity index (χ1v) is 7.72. The van der Waals surface area contributed by atoms with Gasteiger partial charge in [-0.25, -0.2) is 0 Å². The Balaban J connectivity index is 2.08. The lowest BCUT2D eigenvalue weighted by molar-refractivity contribution is -0.123. The fraction of sp³-hybridized carbons (Fsp3) is 0.933. The van der Waals surface area contributed by atoms with E-state index in [1.54, 1.807) is 0 Å². The Kier molecular flexibility index (Phi) is 7.48. The summed E-state index contributed by atoms with van der Waals surface area (Å²) in [5.74, 6) is 0.597. The fourth-order valence-corrected chi connectivity index (χ4v) is 2.03. The minimum absolute atomic E-state index is 0.00814. The van der Waals surface area contributed by atoms with Gasteiger partial charge in [0, 0.05) is 12.6 Å². The lowest BCUT2D eigenvalue weighted by atomic mass is 10.1. The Hall–Kier alpha value is -0.650. The van der Waals surface area contributed by atoms with Crippen LogP contribution < -0.4 is 10.6 Å². The van der Waals surface area contributed by atoms with Crippen molar-refractivity contribution in [3.8, 4) is 0 Å². The van der Waals surface area contributed by atoms with Crippen molar-refractivity contribution in [2.45, 2.75) is 71.2 Å². The lowest BCUT2D eigenvalue weighted by Gasteiger charge is -2.20. The maximum atomic E-state index is 11.7. The maximum Gasteiger partial charge on any atom is 0.237 e. The SMILES string of the molecule is CC(C)CC(C)OCC(O)CNC(C)C(=O)NC1CC1. The average molecular weight is 286 g/mol. The third kappa shape index (κ3) is 7.82. The third-order valence-electron chi connectivity index (χ3n) is 3.35. The van der Waals surface area contributed by atoms with Crippen LogP contribution in [0.3, 0.4) is 0 Å². The highest BCUT2D eigenvalue weighted by molar-refractivity contribution is 5.81. The second-order valence-corrected chi connectivity index (χ2v) is 6.34. The van der Waals surface area contributed by atoms with Crippen LogP contribution >= 0.6 is 0 Å². The molecule has 1 aliphatic rings. The molecule has 0 aromatic heterocycles. The van der Waals surface area contributed by atoms with Crippen LogP contribution in [0.2, 0.25) is 0 Å². The van der Waals surface area contributed by atoms with E-state index in [4.69, 9.17) is 4.74 Å². The highest BCUT2D eigenvalue weighted by atomic mass is 16.5. The standard InChI is InChI=1S/C15H30N2O3/c1-10(2)7-11(3)20-9-14(18)8-16-12(4)15(19)17-13-5-6-13/h10-14,16,18H,5-9H2,1-4H3,(H,17,19). The molecular formula is C15H30N2O3. The van der Waals surface area contributed by atoms with Crippen LogP contribution in [0, 0.1) is 5.92 Å². The molecule has 5 nitrogen and oxygen atoms in total. The molecule has 1 fully saturated rings. The van der Waals surface area contributed by atoms with Gasteiger partial charge in [-0.05, 0) is 39.0 Å². The Morgan fingerprint density at radius 3 is 2.50 bits per heavy atom. The number of aliphatic hydroxyl groups is 1. The molecule has 1 saturated carbocycles. The van der Waals surface area contributed by atoms with Gasteiger partial charge in [-0.2, -0.15) is 0 Å². The van der Waals surface area contributed by atoms with Crippen LogP contribution in [0.25, 0.3) is 0 Å². The molecule has 1 aliphatic carbocycles. The minimum atomic E-state index is -0.583. The van der Waals surface area contributed by atoms with Gasteiger partial charge >= 0.3 is 0 Å². The van der Waals surface area contributed by atoms with E-state index < -0.39 is 6.10 Å². The zero-order chi connectivity index (χ0) is 15.1. The first kappa shape index (κ1) is 17.4. The van der Waals surface area contributed by atoms with Crippen LogP contribution in [0.1, 0.15) is 47.0 Å². The average Bonchev–Trinajstić information content (AvgIpc) is 3.16. The summed E-state index contributed by atoms with van der Waals surface area (Å²) in [6.45, 7) is 8.81. The summed E-state index contributed by atoms with van der Waals surface area (Å²) < 4.78 is 5.59. The Bertz CT molecular complexity index is 293. The van der Waals surface area contributed by atoms with Gasteiger partial charge in [0.1, 0.15) is 0 Å². The Labute approximate surface area is 122 Å². The molecule has 3 N–H and O–H groups in total. The number of ether oxygens (including phenoxy) is 1. The van der Waals surface area contributed by atoms with Gasteiger partial charge in [0.2, 0.25) is 5.91 Å². The quantitative estimate of drug-likeness (QED) is 0.561. The molecule has 0 saturated heterocycles. The molecule has 0 spiro atoms. The summed E-state index contributed by atoms with van der Waals surface area (Å²) >= 11 is 0. The number of rotatable bonds is 10. The molecule has 0 aliphatic heterocycles. The van der Waals surface area contributed by atoms with E-state index >= 15 is 0 Å². The van der Waals surface area contributed by atoms with Gasteiger partial charge in [0.25, 0.3) is 0 Å². The summed E-state index contributed by atoms with van der Waals surface area (Å²) in [7, 11) is 0. The third-order valence-corrected chi connectivity index (χ3v) is 3.35. The predicted molar refractivity (Wildman–Crippen MR) is 79.5 cm³/mol. The maximum absolute atomic E-state index is 11.7. The first-order valence-electron chi connectivity index (χ1n) is 7.72. The summed E-state index contributed by atoms with van der Waals surface area (Å²) in [5, 5.41) is 15.8. The smallest absolute Gasteiger partial charge is 0.237 e. The van der Waals surface area contributed by atoms with Crippen molar-refractivity contribution in [2.24, 2.45) is 5.92 Å². The molecule has 5 heteroatoms. The van der Waals surface area contributed by atoms with Gasteiger partial charge in [-0.15, -0.1) is 0 Å². The first-order chi connectivity index (χ1) is 9.38. The van der Waals surface area contributed by atoms with Crippen LogP contribution in [0.5, 0.6) is 0 Å². The summed E-state index contributed by atoms with van der Waals surface area (Å²) in [6.07, 6.45) is 2.73. The van der Waals surface area contributed by atoms with E-state index in [0.29, 0.717) is 25.1 Å². The molecule has 20 heavy (non-hydrogen) atoms. The van der Waals surface area contributed by atoms with E-state index in [0.717, 1.165) is 19.3 Å². The van der Waals surface area contributed by atoms with E-state index in [2.05, 4.69) is 24.5 Å². The molecule has 0 bridgehead atoms. The molecule has 0 aromatic rings. The molecule has 0 heterocycles. The topological polar surface area (TPSA) is 70.6 Å². The fourth-order valence-electron chi connectivity index (χ4n) is 2.03. The van der Waals surface area contributed by atoms with E-state index in [1.807, 2.05) is 13.8 Å². The molecule has 1 rings (SSSR count). The van der Waals surface area contributed by atoms with Crippen molar-refractivity contribution in [3.05, 3.63) is 0 Å². The molecule has 3 atom stereocenters. The highest BCUT2D eigenvalue weighted by Gasteiger charge is 2.25. The van der Waals surface area contributed by atoms with Crippen LogP contribution in [0.15, 0.2) is 0 Å². The number of hydrogen-bond donors (Lipinski definition) is 3. The number of nitrogens with one attached hydrogen (secondary N) is 2. The molecule has 0 radical (unpaired) electrons. The second kappa shape index (κ2) is 8.60. The summed E-state index contributed by atoms with van der Waals surface area (Å²) in [6, 6.07) is 0.0928. The largest absolute Gasteiger partial charge is 0.389 e. The normalized spacial score (nSPS) is 19.7. The van der Waals surface area contributed by atoms with Crippen molar-refractivity contribution in [2.75, 3.05) is 13.2 Å². The monoisotopic (exact) mass is 286 g/mol. The van der Waals surface area contributed by atoms with Crippen molar-refractivity contribution >= 4 is 5.91 Å².